The van der Waals surface area contributed by atoms with Gasteiger partial charge in [-0.05, 0) is 36.8 Å². The van der Waals surface area contributed by atoms with E-state index < -0.39 is 0 Å². The number of rotatable bonds is 3. The minimum absolute atomic E-state index is 0.274. The maximum absolute atomic E-state index is 4.88. The first kappa shape index (κ1) is 14.5. The van der Waals surface area contributed by atoms with Crippen molar-refractivity contribution in [1.82, 2.24) is 4.98 Å². The molecule has 1 aromatic heterocycles. The molecule has 0 radical (unpaired) electrons. The van der Waals surface area contributed by atoms with E-state index in [-0.39, 0.29) is 5.41 Å². The topological polar surface area (TPSA) is 12.9 Å². The molecule has 0 fully saturated rings. The van der Waals surface area contributed by atoms with Gasteiger partial charge in [0, 0.05) is 15.9 Å². The zero-order chi connectivity index (χ0) is 15.0. The molecule has 1 aliphatic carbocycles. The summed E-state index contributed by atoms with van der Waals surface area (Å²) in [6.45, 7) is 11.1. The standard InChI is InChI=1S/C19H23NS/c1-5-14-8-10-15(11-9-14)13(2)18-20-16-7-6-12-19(3,4)17(16)21-18/h8-11H,2,5-7,12H2,1,3-4H3. The summed E-state index contributed by atoms with van der Waals surface area (Å²) >= 11 is 1.84. The fourth-order valence-corrected chi connectivity index (χ4v) is 4.29. The van der Waals surface area contributed by atoms with E-state index in [9.17, 15) is 0 Å². The highest BCUT2D eigenvalue weighted by molar-refractivity contribution is 7.13. The first-order valence-corrected chi connectivity index (χ1v) is 8.61. The summed E-state index contributed by atoms with van der Waals surface area (Å²) in [5.74, 6) is 0. The number of thiazole rings is 1. The van der Waals surface area contributed by atoms with Crippen LogP contribution in [0.1, 0.15) is 60.3 Å². The molecule has 0 spiro atoms. The van der Waals surface area contributed by atoms with Crippen molar-refractivity contribution in [3.05, 3.63) is 57.6 Å². The number of aromatic nitrogens is 1. The Labute approximate surface area is 131 Å². The van der Waals surface area contributed by atoms with E-state index in [4.69, 9.17) is 4.98 Å². The Morgan fingerprint density at radius 3 is 2.62 bits per heavy atom. The molecular weight excluding hydrogens is 274 g/mol. The van der Waals surface area contributed by atoms with Gasteiger partial charge in [-0.2, -0.15) is 0 Å². The molecule has 2 aromatic rings. The summed E-state index contributed by atoms with van der Waals surface area (Å²) < 4.78 is 0. The van der Waals surface area contributed by atoms with Crippen molar-refractivity contribution in [2.45, 2.75) is 51.9 Å². The maximum atomic E-state index is 4.88. The van der Waals surface area contributed by atoms with Gasteiger partial charge in [0.15, 0.2) is 0 Å². The minimum Gasteiger partial charge on any atom is -0.241 e. The lowest BCUT2D eigenvalue weighted by Crippen LogP contribution is -2.21. The van der Waals surface area contributed by atoms with Crippen LogP contribution in [0.3, 0.4) is 0 Å². The third-order valence-electron chi connectivity index (χ3n) is 4.50. The van der Waals surface area contributed by atoms with Crippen molar-refractivity contribution >= 4 is 16.9 Å². The SMILES string of the molecule is C=C(c1ccc(CC)cc1)c1nc2c(s1)C(C)(C)CCC2. The number of nitrogens with zero attached hydrogens (tertiary/aromatic N) is 1. The zero-order valence-electron chi connectivity index (χ0n) is 13.2. The molecule has 0 aliphatic heterocycles. The van der Waals surface area contributed by atoms with E-state index in [2.05, 4.69) is 51.6 Å². The maximum Gasteiger partial charge on any atom is 0.123 e. The number of hydrogen-bond acceptors (Lipinski definition) is 2. The molecule has 0 atom stereocenters. The van der Waals surface area contributed by atoms with Crippen molar-refractivity contribution in [3.63, 3.8) is 0 Å². The molecule has 1 aliphatic rings. The quantitative estimate of drug-likeness (QED) is 0.741. The summed E-state index contributed by atoms with van der Waals surface area (Å²) in [6, 6.07) is 8.73. The van der Waals surface area contributed by atoms with Crippen LogP contribution in [-0.4, -0.2) is 4.98 Å². The van der Waals surface area contributed by atoms with Crippen molar-refractivity contribution in [2.75, 3.05) is 0 Å². The fraction of sp³-hybridized carbons (Fsp3) is 0.421. The highest BCUT2D eigenvalue weighted by Crippen LogP contribution is 2.42. The number of hydrogen-bond donors (Lipinski definition) is 0. The molecule has 0 N–H and O–H groups in total. The summed E-state index contributed by atoms with van der Waals surface area (Å²) in [4.78, 5) is 6.35. The summed E-state index contributed by atoms with van der Waals surface area (Å²) in [5.41, 5.74) is 5.20. The van der Waals surface area contributed by atoms with Crippen LogP contribution in [-0.2, 0) is 18.3 Å². The van der Waals surface area contributed by atoms with Gasteiger partial charge in [0.25, 0.3) is 0 Å². The van der Waals surface area contributed by atoms with Gasteiger partial charge in [-0.25, -0.2) is 4.98 Å². The second-order valence-electron chi connectivity index (χ2n) is 6.56. The van der Waals surface area contributed by atoms with Gasteiger partial charge in [-0.15, -0.1) is 11.3 Å². The average Bonchev–Trinajstić information content (AvgIpc) is 2.92. The monoisotopic (exact) mass is 297 g/mol. The van der Waals surface area contributed by atoms with Gasteiger partial charge >= 0.3 is 0 Å². The lowest BCUT2D eigenvalue weighted by atomic mass is 9.80. The predicted molar refractivity (Wildman–Crippen MR) is 92.0 cm³/mol. The first-order valence-electron chi connectivity index (χ1n) is 7.80. The van der Waals surface area contributed by atoms with Gasteiger partial charge in [-0.3, -0.25) is 0 Å². The third-order valence-corrected chi connectivity index (χ3v) is 6.02. The average molecular weight is 297 g/mol. The summed E-state index contributed by atoms with van der Waals surface area (Å²) in [7, 11) is 0. The second-order valence-corrected chi connectivity index (χ2v) is 7.56. The Bertz CT molecular complexity index is 661. The molecule has 0 saturated heterocycles. The first-order chi connectivity index (χ1) is 10.0. The molecule has 21 heavy (non-hydrogen) atoms. The van der Waals surface area contributed by atoms with Gasteiger partial charge < -0.3 is 0 Å². The van der Waals surface area contributed by atoms with Crippen LogP contribution in [0.15, 0.2) is 30.8 Å². The van der Waals surface area contributed by atoms with Gasteiger partial charge in [0.05, 0.1) is 5.69 Å². The summed E-state index contributed by atoms with van der Waals surface area (Å²) in [6.07, 6.45) is 4.71. The Hall–Kier alpha value is -1.41. The van der Waals surface area contributed by atoms with Crippen molar-refractivity contribution in [1.29, 1.82) is 0 Å². The van der Waals surface area contributed by atoms with Crippen molar-refractivity contribution in [2.24, 2.45) is 0 Å². The van der Waals surface area contributed by atoms with Crippen molar-refractivity contribution < 1.29 is 0 Å². The number of aryl methyl sites for hydroxylation is 2. The Morgan fingerprint density at radius 2 is 2.00 bits per heavy atom. The molecule has 0 saturated carbocycles. The van der Waals surface area contributed by atoms with Gasteiger partial charge in [0.2, 0.25) is 0 Å². The lowest BCUT2D eigenvalue weighted by molar-refractivity contribution is 0.437. The Morgan fingerprint density at radius 1 is 1.29 bits per heavy atom. The van der Waals surface area contributed by atoms with E-state index >= 15 is 0 Å². The number of benzene rings is 1. The van der Waals surface area contributed by atoms with Gasteiger partial charge in [0.1, 0.15) is 5.01 Å². The van der Waals surface area contributed by atoms with Crippen LogP contribution in [0, 0.1) is 0 Å². The largest absolute Gasteiger partial charge is 0.241 e. The molecule has 1 heterocycles. The van der Waals surface area contributed by atoms with E-state index in [0.29, 0.717) is 0 Å². The molecule has 1 nitrogen and oxygen atoms in total. The lowest BCUT2D eigenvalue weighted by Gasteiger charge is -2.28. The molecule has 0 amide bonds. The second kappa shape index (κ2) is 5.42. The van der Waals surface area contributed by atoms with E-state index in [1.807, 2.05) is 11.3 Å². The van der Waals surface area contributed by atoms with E-state index in [1.165, 1.54) is 34.5 Å². The highest BCUT2D eigenvalue weighted by atomic mass is 32.1. The van der Waals surface area contributed by atoms with E-state index in [0.717, 1.165) is 23.4 Å². The molecule has 3 rings (SSSR count). The molecule has 0 bridgehead atoms. The Kier molecular flexibility index (Phi) is 3.75. The highest BCUT2D eigenvalue weighted by Gasteiger charge is 2.31. The van der Waals surface area contributed by atoms with Crippen molar-refractivity contribution in [3.8, 4) is 0 Å². The molecule has 1 aromatic carbocycles. The van der Waals surface area contributed by atoms with Crippen LogP contribution in [0.2, 0.25) is 0 Å². The summed E-state index contributed by atoms with van der Waals surface area (Å²) in [5, 5.41) is 1.10. The molecular formula is C19H23NS. The zero-order valence-corrected chi connectivity index (χ0v) is 14.0. The third kappa shape index (κ3) is 2.69. The predicted octanol–water partition coefficient (Wildman–Crippen LogP) is 5.38. The van der Waals surface area contributed by atoms with Gasteiger partial charge in [-0.1, -0.05) is 51.6 Å². The van der Waals surface area contributed by atoms with Crippen LogP contribution in [0.25, 0.3) is 5.57 Å². The molecule has 110 valence electrons. The molecule has 2 heteroatoms. The smallest absolute Gasteiger partial charge is 0.123 e. The number of fused-ring (bicyclic) bond motifs is 1. The van der Waals surface area contributed by atoms with Crippen LogP contribution in [0.4, 0.5) is 0 Å². The fourth-order valence-electron chi connectivity index (χ4n) is 3.06. The van der Waals surface area contributed by atoms with E-state index in [1.54, 1.807) is 0 Å². The van der Waals surface area contributed by atoms with Crippen LogP contribution in [0.5, 0.6) is 0 Å². The van der Waals surface area contributed by atoms with Crippen LogP contribution >= 0.6 is 11.3 Å². The Balaban J connectivity index is 1.93. The normalized spacial score (nSPS) is 16.5. The molecule has 0 unspecified atom stereocenters. The minimum atomic E-state index is 0.274. The van der Waals surface area contributed by atoms with Crippen LogP contribution < -0.4 is 0 Å².